The van der Waals surface area contributed by atoms with Crippen LogP contribution in [-0.4, -0.2) is 29.3 Å². The number of amides is 4. The minimum absolute atomic E-state index is 0.0975. The molecule has 1 aromatic carbocycles. The summed E-state index contributed by atoms with van der Waals surface area (Å²) in [7, 11) is 0. The van der Waals surface area contributed by atoms with Gasteiger partial charge in [0.15, 0.2) is 5.54 Å². The molecule has 0 unspecified atom stereocenters. The van der Waals surface area contributed by atoms with E-state index in [9.17, 15) is 14.4 Å². The molecule has 7 heteroatoms. The fourth-order valence-electron chi connectivity index (χ4n) is 3.86. The fourth-order valence-corrected chi connectivity index (χ4v) is 3.86. The van der Waals surface area contributed by atoms with Crippen LogP contribution in [0.4, 0.5) is 4.79 Å². The minimum Gasteiger partial charge on any atom is -0.466 e. The van der Waals surface area contributed by atoms with Gasteiger partial charge in [-0.1, -0.05) is 24.3 Å². The second-order valence-electron chi connectivity index (χ2n) is 7.13. The number of imide groups is 1. The summed E-state index contributed by atoms with van der Waals surface area (Å²) in [5, 5.41) is 5.59. The summed E-state index contributed by atoms with van der Waals surface area (Å²) in [6, 6.07) is 10.6. The lowest BCUT2D eigenvalue weighted by Gasteiger charge is -2.27. The molecular weight excluding hydrogens is 346 g/mol. The van der Waals surface area contributed by atoms with Gasteiger partial charge in [0.05, 0.1) is 12.3 Å². The Morgan fingerprint density at radius 2 is 2.11 bits per heavy atom. The van der Waals surface area contributed by atoms with E-state index in [1.807, 2.05) is 18.2 Å². The van der Waals surface area contributed by atoms with Crippen LogP contribution in [-0.2, 0) is 21.5 Å². The van der Waals surface area contributed by atoms with Crippen LogP contribution in [0.15, 0.2) is 47.1 Å². The number of hydrogen-bond acceptors (Lipinski definition) is 4. The van der Waals surface area contributed by atoms with Crippen LogP contribution < -0.4 is 10.6 Å². The van der Waals surface area contributed by atoms with Crippen molar-refractivity contribution in [1.29, 1.82) is 0 Å². The molecule has 1 aromatic heterocycles. The SMILES string of the molecule is C[C@@]1(c2ccco2)NC(=O)N(CC(=O)N[C@H]2CCCc3ccccc32)C1=O. The van der Waals surface area contributed by atoms with Gasteiger partial charge in [0, 0.05) is 0 Å². The van der Waals surface area contributed by atoms with E-state index in [0.717, 1.165) is 29.7 Å². The molecule has 1 fully saturated rings. The molecular formula is C20H21N3O4. The van der Waals surface area contributed by atoms with E-state index in [1.54, 1.807) is 19.1 Å². The van der Waals surface area contributed by atoms with E-state index in [4.69, 9.17) is 4.42 Å². The maximum absolute atomic E-state index is 12.8. The molecule has 0 spiro atoms. The Bertz CT molecular complexity index is 892. The lowest BCUT2D eigenvalue weighted by Crippen LogP contribution is -2.44. The number of fused-ring (bicyclic) bond motifs is 1. The van der Waals surface area contributed by atoms with Crippen molar-refractivity contribution in [2.45, 2.75) is 37.8 Å². The second kappa shape index (κ2) is 6.57. The summed E-state index contributed by atoms with van der Waals surface area (Å²) >= 11 is 0. The first-order valence-corrected chi connectivity index (χ1v) is 9.04. The van der Waals surface area contributed by atoms with Crippen LogP contribution in [0.3, 0.4) is 0 Å². The van der Waals surface area contributed by atoms with Crippen molar-refractivity contribution >= 4 is 17.8 Å². The zero-order valence-electron chi connectivity index (χ0n) is 15.0. The number of aryl methyl sites for hydroxylation is 1. The van der Waals surface area contributed by atoms with Crippen molar-refractivity contribution < 1.29 is 18.8 Å². The topological polar surface area (TPSA) is 91.7 Å². The van der Waals surface area contributed by atoms with Gasteiger partial charge in [0.2, 0.25) is 5.91 Å². The van der Waals surface area contributed by atoms with Gasteiger partial charge in [-0.05, 0) is 49.4 Å². The summed E-state index contributed by atoms with van der Waals surface area (Å²) in [5.74, 6) is -0.518. The summed E-state index contributed by atoms with van der Waals surface area (Å²) in [6.45, 7) is 1.25. The Morgan fingerprint density at radius 1 is 1.30 bits per heavy atom. The van der Waals surface area contributed by atoms with Gasteiger partial charge < -0.3 is 15.1 Å². The number of urea groups is 1. The van der Waals surface area contributed by atoms with Crippen molar-refractivity contribution in [2.24, 2.45) is 0 Å². The molecule has 0 bridgehead atoms. The lowest BCUT2D eigenvalue weighted by molar-refractivity contribution is -0.135. The highest BCUT2D eigenvalue weighted by Crippen LogP contribution is 2.30. The van der Waals surface area contributed by atoms with E-state index in [0.29, 0.717) is 5.76 Å². The van der Waals surface area contributed by atoms with Crippen molar-refractivity contribution in [3.05, 3.63) is 59.5 Å². The number of carbonyl (C=O) groups is 3. The van der Waals surface area contributed by atoms with Crippen molar-refractivity contribution in [1.82, 2.24) is 15.5 Å². The molecule has 2 aromatic rings. The Morgan fingerprint density at radius 3 is 2.89 bits per heavy atom. The highest BCUT2D eigenvalue weighted by Gasteiger charge is 2.51. The van der Waals surface area contributed by atoms with Gasteiger partial charge in [-0.15, -0.1) is 0 Å². The number of rotatable bonds is 4. The number of nitrogens with one attached hydrogen (secondary N) is 2. The van der Waals surface area contributed by atoms with E-state index in [1.165, 1.54) is 11.8 Å². The zero-order valence-corrected chi connectivity index (χ0v) is 15.0. The number of hydrogen-bond donors (Lipinski definition) is 2. The Kier molecular flexibility index (Phi) is 4.22. The third kappa shape index (κ3) is 2.99. The van der Waals surface area contributed by atoms with Gasteiger partial charge in [-0.2, -0.15) is 0 Å². The Hall–Kier alpha value is -3.09. The molecule has 4 rings (SSSR count). The van der Waals surface area contributed by atoms with Gasteiger partial charge in [-0.3, -0.25) is 14.5 Å². The summed E-state index contributed by atoms with van der Waals surface area (Å²) < 4.78 is 5.29. The summed E-state index contributed by atoms with van der Waals surface area (Å²) in [6.07, 6.45) is 4.27. The number of nitrogens with zero attached hydrogens (tertiary/aromatic N) is 1. The van der Waals surface area contributed by atoms with Crippen molar-refractivity contribution in [3.8, 4) is 0 Å². The van der Waals surface area contributed by atoms with Crippen LogP contribution in [0.25, 0.3) is 0 Å². The molecule has 1 aliphatic carbocycles. The molecule has 7 nitrogen and oxygen atoms in total. The molecule has 1 aliphatic heterocycles. The maximum Gasteiger partial charge on any atom is 0.325 e. The van der Waals surface area contributed by atoms with Crippen LogP contribution >= 0.6 is 0 Å². The average Bonchev–Trinajstić information content (AvgIpc) is 3.27. The highest BCUT2D eigenvalue weighted by atomic mass is 16.3. The molecule has 2 aliphatic rings. The molecule has 1 saturated heterocycles. The van der Waals surface area contributed by atoms with Crippen molar-refractivity contribution in [2.75, 3.05) is 6.54 Å². The zero-order chi connectivity index (χ0) is 19.0. The number of furan rings is 1. The third-order valence-corrected chi connectivity index (χ3v) is 5.30. The Labute approximate surface area is 156 Å². The average molecular weight is 367 g/mol. The fraction of sp³-hybridized carbons (Fsp3) is 0.350. The minimum atomic E-state index is -1.29. The molecule has 2 atom stereocenters. The molecule has 27 heavy (non-hydrogen) atoms. The van der Waals surface area contributed by atoms with Crippen LogP contribution in [0, 0.1) is 0 Å². The standard InChI is InChI=1S/C20H21N3O4/c1-20(16-10-5-11-27-16)18(25)23(19(26)22-20)12-17(24)21-15-9-4-7-13-6-2-3-8-14(13)15/h2-3,5-6,8,10-11,15H,4,7,9,12H2,1H3,(H,21,24)(H,22,26)/t15-,20-/m0/s1. The van der Waals surface area contributed by atoms with Crippen LogP contribution in [0.2, 0.25) is 0 Å². The normalized spacial score (nSPS) is 24.5. The first-order valence-electron chi connectivity index (χ1n) is 9.04. The van der Waals surface area contributed by atoms with E-state index >= 15 is 0 Å². The molecule has 2 N–H and O–H groups in total. The van der Waals surface area contributed by atoms with Crippen molar-refractivity contribution in [3.63, 3.8) is 0 Å². The number of benzene rings is 1. The van der Waals surface area contributed by atoms with Crippen LogP contribution in [0.5, 0.6) is 0 Å². The van der Waals surface area contributed by atoms with Gasteiger partial charge in [0.1, 0.15) is 12.3 Å². The summed E-state index contributed by atoms with van der Waals surface area (Å²) in [5.41, 5.74) is 1.04. The predicted octanol–water partition coefficient (Wildman–Crippen LogP) is 2.24. The summed E-state index contributed by atoms with van der Waals surface area (Å²) in [4.78, 5) is 38.6. The van der Waals surface area contributed by atoms with E-state index in [-0.39, 0.29) is 18.5 Å². The molecule has 4 amide bonds. The van der Waals surface area contributed by atoms with Gasteiger partial charge >= 0.3 is 6.03 Å². The first-order chi connectivity index (χ1) is 13.0. The first kappa shape index (κ1) is 17.3. The molecule has 0 saturated carbocycles. The Balaban J connectivity index is 1.46. The van der Waals surface area contributed by atoms with Crippen LogP contribution in [0.1, 0.15) is 42.7 Å². The molecule has 140 valence electrons. The molecule has 0 radical (unpaired) electrons. The smallest absolute Gasteiger partial charge is 0.325 e. The number of carbonyl (C=O) groups excluding carboxylic acids is 3. The largest absolute Gasteiger partial charge is 0.466 e. The molecule has 2 heterocycles. The van der Waals surface area contributed by atoms with E-state index < -0.39 is 17.5 Å². The van der Waals surface area contributed by atoms with Gasteiger partial charge in [-0.25, -0.2) is 4.79 Å². The third-order valence-electron chi connectivity index (χ3n) is 5.30. The monoisotopic (exact) mass is 367 g/mol. The predicted molar refractivity (Wildman–Crippen MR) is 96.6 cm³/mol. The van der Waals surface area contributed by atoms with E-state index in [2.05, 4.69) is 16.7 Å². The van der Waals surface area contributed by atoms with Gasteiger partial charge in [0.25, 0.3) is 5.91 Å². The second-order valence-corrected chi connectivity index (χ2v) is 7.13. The lowest BCUT2D eigenvalue weighted by atomic mass is 9.88. The highest BCUT2D eigenvalue weighted by molar-refractivity contribution is 6.08. The quantitative estimate of drug-likeness (QED) is 0.811. The maximum atomic E-state index is 12.8.